The lowest BCUT2D eigenvalue weighted by atomic mass is 10.1. The normalized spacial score (nSPS) is 15.3. The van der Waals surface area contributed by atoms with Crippen molar-refractivity contribution >= 4 is 17.2 Å². The minimum absolute atomic E-state index is 0.0834. The van der Waals surface area contributed by atoms with Gasteiger partial charge in [0.05, 0.1) is 0 Å². The van der Waals surface area contributed by atoms with Crippen LogP contribution in [-0.4, -0.2) is 35.2 Å². The van der Waals surface area contributed by atoms with Crippen LogP contribution in [0.15, 0.2) is 57.7 Å². The molecule has 1 fully saturated rings. The highest BCUT2D eigenvalue weighted by Crippen LogP contribution is 2.24. The van der Waals surface area contributed by atoms with E-state index in [-0.39, 0.29) is 12.0 Å². The molecule has 1 amide bonds. The Morgan fingerprint density at radius 2 is 2.00 bits per heavy atom. The Morgan fingerprint density at radius 3 is 2.72 bits per heavy atom. The second-order valence-corrected chi connectivity index (χ2v) is 6.79. The largest absolute Gasteiger partial charge is 0.489 e. The molecule has 6 heteroatoms. The third-order valence-corrected chi connectivity index (χ3v) is 4.98. The first-order valence-corrected chi connectivity index (χ1v) is 9.24. The van der Waals surface area contributed by atoms with Crippen LogP contribution in [0.2, 0.25) is 0 Å². The molecule has 128 valence electrons. The average molecular weight is 354 g/mol. The molecule has 0 spiro atoms. The van der Waals surface area contributed by atoms with Gasteiger partial charge in [0.1, 0.15) is 11.9 Å². The molecule has 0 saturated carbocycles. The number of likely N-dealkylation sites (tertiary alicyclic amines) is 1. The highest BCUT2D eigenvalue weighted by molar-refractivity contribution is 7.08. The number of rotatable bonds is 4. The van der Waals surface area contributed by atoms with Gasteiger partial charge in [0.25, 0.3) is 5.91 Å². The Hall–Kier alpha value is -2.60. The van der Waals surface area contributed by atoms with Crippen LogP contribution in [0, 0.1) is 0 Å². The van der Waals surface area contributed by atoms with Crippen LogP contribution in [0.4, 0.5) is 0 Å². The average Bonchev–Trinajstić information content (AvgIpc) is 3.34. The molecule has 0 aliphatic carbocycles. The van der Waals surface area contributed by atoms with E-state index < -0.39 is 0 Å². The number of hydrogen-bond donors (Lipinski definition) is 0. The number of carbonyl (C=O) groups excluding carboxylic acids is 1. The van der Waals surface area contributed by atoms with Crippen LogP contribution < -0.4 is 4.74 Å². The maximum atomic E-state index is 12.6. The lowest BCUT2D eigenvalue weighted by molar-refractivity contribution is 0.0587. The lowest BCUT2D eigenvalue weighted by Crippen LogP contribution is -2.41. The molecule has 4 rings (SSSR count). The van der Waals surface area contributed by atoms with E-state index in [9.17, 15) is 4.79 Å². The zero-order valence-corrected chi connectivity index (χ0v) is 14.4. The maximum Gasteiger partial charge on any atom is 0.276 e. The first-order valence-electron chi connectivity index (χ1n) is 8.30. The molecular formula is C19H18N2O3S. The van der Waals surface area contributed by atoms with Crippen molar-refractivity contribution < 1.29 is 14.1 Å². The first-order chi connectivity index (χ1) is 12.3. The number of thiophene rings is 1. The fourth-order valence-corrected chi connectivity index (χ4v) is 3.52. The fourth-order valence-electron chi connectivity index (χ4n) is 2.96. The van der Waals surface area contributed by atoms with E-state index in [1.165, 1.54) is 0 Å². The number of amides is 1. The second kappa shape index (κ2) is 7.11. The van der Waals surface area contributed by atoms with Crippen molar-refractivity contribution in [1.29, 1.82) is 0 Å². The molecule has 0 radical (unpaired) electrons. The van der Waals surface area contributed by atoms with Crippen molar-refractivity contribution in [3.8, 4) is 17.1 Å². The zero-order valence-electron chi connectivity index (χ0n) is 13.6. The molecule has 0 N–H and O–H groups in total. The lowest BCUT2D eigenvalue weighted by Gasteiger charge is -2.31. The van der Waals surface area contributed by atoms with Crippen LogP contribution in [0.1, 0.15) is 23.3 Å². The molecule has 1 aliphatic heterocycles. The van der Waals surface area contributed by atoms with Crippen molar-refractivity contribution in [2.45, 2.75) is 18.9 Å². The molecule has 1 saturated heterocycles. The summed E-state index contributed by atoms with van der Waals surface area (Å²) in [6, 6.07) is 13.3. The molecule has 0 bridgehead atoms. The van der Waals surface area contributed by atoms with Crippen LogP contribution >= 0.6 is 11.3 Å². The minimum atomic E-state index is -0.0834. The summed E-state index contributed by atoms with van der Waals surface area (Å²) in [6.45, 7) is 1.34. The molecule has 2 aromatic heterocycles. The Labute approximate surface area is 149 Å². The van der Waals surface area contributed by atoms with Gasteiger partial charge in [0.15, 0.2) is 11.5 Å². The van der Waals surface area contributed by atoms with E-state index in [0.717, 1.165) is 24.2 Å². The summed E-state index contributed by atoms with van der Waals surface area (Å²) < 4.78 is 11.3. The number of aromatic nitrogens is 1. The number of benzene rings is 1. The summed E-state index contributed by atoms with van der Waals surface area (Å²) in [4.78, 5) is 14.5. The van der Waals surface area contributed by atoms with Gasteiger partial charge in [0, 0.05) is 42.9 Å². The monoisotopic (exact) mass is 354 g/mol. The highest BCUT2D eigenvalue weighted by Gasteiger charge is 2.26. The van der Waals surface area contributed by atoms with E-state index >= 15 is 0 Å². The summed E-state index contributed by atoms with van der Waals surface area (Å²) in [7, 11) is 0. The molecule has 0 atom stereocenters. The molecule has 0 unspecified atom stereocenters. The van der Waals surface area contributed by atoms with Crippen LogP contribution in [0.25, 0.3) is 11.3 Å². The van der Waals surface area contributed by atoms with Crippen molar-refractivity contribution in [2.75, 3.05) is 13.1 Å². The van der Waals surface area contributed by atoms with Crippen molar-refractivity contribution in [3.63, 3.8) is 0 Å². The van der Waals surface area contributed by atoms with Gasteiger partial charge in [0.2, 0.25) is 0 Å². The molecular weight excluding hydrogens is 336 g/mol. The Morgan fingerprint density at radius 1 is 1.20 bits per heavy atom. The summed E-state index contributed by atoms with van der Waals surface area (Å²) in [5.74, 6) is 1.44. The van der Waals surface area contributed by atoms with Crippen molar-refractivity contribution in [1.82, 2.24) is 10.1 Å². The van der Waals surface area contributed by atoms with Crippen LogP contribution in [0.3, 0.4) is 0 Å². The number of carbonyl (C=O) groups is 1. The van der Waals surface area contributed by atoms with Gasteiger partial charge in [-0.25, -0.2) is 0 Å². The van der Waals surface area contributed by atoms with Crippen LogP contribution in [0.5, 0.6) is 5.75 Å². The summed E-state index contributed by atoms with van der Waals surface area (Å²) in [5, 5.41) is 7.95. The molecule has 25 heavy (non-hydrogen) atoms. The van der Waals surface area contributed by atoms with Gasteiger partial charge in [-0.3, -0.25) is 4.79 Å². The predicted octanol–water partition coefficient (Wildman–Crippen LogP) is 4.09. The topological polar surface area (TPSA) is 55.6 Å². The number of nitrogens with zero attached hydrogens (tertiary/aromatic N) is 2. The summed E-state index contributed by atoms with van der Waals surface area (Å²) in [6.07, 6.45) is 1.81. The van der Waals surface area contributed by atoms with Gasteiger partial charge in [-0.05, 0) is 11.4 Å². The summed E-state index contributed by atoms with van der Waals surface area (Å²) in [5.41, 5.74) is 1.27. The van der Waals surface area contributed by atoms with E-state index in [1.807, 2.05) is 52.1 Å². The predicted molar refractivity (Wildman–Crippen MR) is 95.8 cm³/mol. The third-order valence-electron chi connectivity index (χ3n) is 4.31. The number of piperidine rings is 1. The smallest absolute Gasteiger partial charge is 0.276 e. The Kier molecular flexibility index (Phi) is 4.52. The fraction of sp³-hybridized carbons (Fsp3) is 0.263. The van der Waals surface area contributed by atoms with E-state index in [0.29, 0.717) is 24.5 Å². The van der Waals surface area contributed by atoms with Gasteiger partial charge >= 0.3 is 0 Å². The molecule has 3 aromatic rings. The zero-order chi connectivity index (χ0) is 17.1. The van der Waals surface area contributed by atoms with Crippen molar-refractivity contribution in [3.05, 3.63) is 58.9 Å². The second-order valence-electron chi connectivity index (χ2n) is 6.01. The van der Waals surface area contributed by atoms with E-state index in [4.69, 9.17) is 9.26 Å². The highest BCUT2D eigenvalue weighted by atomic mass is 32.1. The summed E-state index contributed by atoms with van der Waals surface area (Å²) >= 11 is 1.62. The molecule has 5 nitrogen and oxygen atoms in total. The van der Waals surface area contributed by atoms with E-state index in [1.54, 1.807) is 17.4 Å². The Bertz CT molecular complexity index is 821. The van der Waals surface area contributed by atoms with Gasteiger partial charge in [-0.15, -0.1) is 11.3 Å². The van der Waals surface area contributed by atoms with Gasteiger partial charge < -0.3 is 14.2 Å². The molecule has 3 heterocycles. The van der Waals surface area contributed by atoms with Crippen LogP contribution in [-0.2, 0) is 0 Å². The minimum Gasteiger partial charge on any atom is -0.489 e. The van der Waals surface area contributed by atoms with Crippen molar-refractivity contribution in [2.24, 2.45) is 0 Å². The number of hydrogen-bond acceptors (Lipinski definition) is 5. The number of ether oxygens (including phenoxy) is 1. The van der Waals surface area contributed by atoms with E-state index in [2.05, 4.69) is 5.16 Å². The standard InChI is InChI=1S/C19H18N2O3S/c22-19(17-12-18(24-20-17)14-4-2-1-3-5-14)21-9-6-15(7-10-21)23-16-8-11-25-13-16/h1-5,8,11-13,15H,6-7,9-10H2. The molecule has 1 aliphatic rings. The maximum absolute atomic E-state index is 12.6. The quantitative estimate of drug-likeness (QED) is 0.708. The first kappa shape index (κ1) is 15.9. The third kappa shape index (κ3) is 3.58. The SMILES string of the molecule is O=C(c1cc(-c2ccccc2)on1)N1CCC(Oc2ccsc2)CC1. The Balaban J connectivity index is 1.37. The van der Waals surface area contributed by atoms with Gasteiger partial charge in [-0.1, -0.05) is 35.5 Å². The molecule has 1 aromatic carbocycles. The van der Waals surface area contributed by atoms with Gasteiger partial charge in [-0.2, -0.15) is 0 Å².